The predicted octanol–water partition coefficient (Wildman–Crippen LogP) is 3.09. The highest BCUT2D eigenvalue weighted by Gasteiger charge is 2.26. The summed E-state index contributed by atoms with van der Waals surface area (Å²) in [6.07, 6.45) is 3.87. The Morgan fingerprint density at radius 3 is 2.58 bits per heavy atom. The zero-order valence-electron chi connectivity index (χ0n) is 8.17. The molecule has 0 amide bonds. The van der Waals surface area contributed by atoms with Gasteiger partial charge in [-0.15, -0.1) is 0 Å². The SMILES string of the molecule is CC(=O)SC1CC(C)CCC1C. The molecule has 0 aromatic rings. The fraction of sp³-hybridized carbons (Fsp3) is 0.900. The lowest BCUT2D eigenvalue weighted by Crippen LogP contribution is -2.24. The van der Waals surface area contributed by atoms with Crippen LogP contribution in [-0.2, 0) is 4.79 Å². The van der Waals surface area contributed by atoms with E-state index in [0.29, 0.717) is 5.25 Å². The van der Waals surface area contributed by atoms with E-state index in [1.54, 1.807) is 18.7 Å². The second-order valence-corrected chi connectivity index (χ2v) is 5.46. The van der Waals surface area contributed by atoms with Crippen LogP contribution in [0.1, 0.15) is 40.0 Å². The Labute approximate surface area is 79.3 Å². The molecule has 0 spiro atoms. The van der Waals surface area contributed by atoms with E-state index in [9.17, 15) is 4.79 Å². The number of thioether (sulfide) groups is 1. The van der Waals surface area contributed by atoms with Gasteiger partial charge in [0.2, 0.25) is 0 Å². The van der Waals surface area contributed by atoms with Gasteiger partial charge in [0.05, 0.1) is 0 Å². The summed E-state index contributed by atoms with van der Waals surface area (Å²) in [4.78, 5) is 10.9. The molecule has 1 aliphatic rings. The van der Waals surface area contributed by atoms with E-state index in [-0.39, 0.29) is 5.12 Å². The van der Waals surface area contributed by atoms with Crippen LogP contribution in [0.15, 0.2) is 0 Å². The van der Waals surface area contributed by atoms with Crippen LogP contribution in [-0.4, -0.2) is 10.4 Å². The van der Waals surface area contributed by atoms with Gasteiger partial charge < -0.3 is 0 Å². The lowest BCUT2D eigenvalue weighted by atomic mass is 9.84. The summed E-state index contributed by atoms with van der Waals surface area (Å²) in [7, 11) is 0. The molecule has 1 fully saturated rings. The fourth-order valence-electron chi connectivity index (χ4n) is 1.86. The van der Waals surface area contributed by atoms with Gasteiger partial charge in [-0.25, -0.2) is 0 Å². The Balaban J connectivity index is 2.43. The molecule has 3 unspecified atom stereocenters. The van der Waals surface area contributed by atoms with Gasteiger partial charge in [0.15, 0.2) is 5.12 Å². The van der Waals surface area contributed by atoms with E-state index in [0.717, 1.165) is 11.8 Å². The van der Waals surface area contributed by atoms with Crippen LogP contribution < -0.4 is 0 Å². The first-order valence-electron chi connectivity index (χ1n) is 4.76. The van der Waals surface area contributed by atoms with Gasteiger partial charge in [0.1, 0.15) is 0 Å². The second-order valence-electron chi connectivity index (χ2n) is 4.04. The molecule has 3 atom stereocenters. The van der Waals surface area contributed by atoms with Crippen molar-refractivity contribution in [1.82, 2.24) is 0 Å². The highest BCUT2D eigenvalue weighted by atomic mass is 32.2. The third-order valence-electron chi connectivity index (χ3n) is 2.70. The molecule has 0 aromatic heterocycles. The van der Waals surface area contributed by atoms with E-state index in [2.05, 4.69) is 13.8 Å². The molecule has 0 N–H and O–H groups in total. The lowest BCUT2D eigenvalue weighted by Gasteiger charge is -2.31. The van der Waals surface area contributed by atoms with Crippen LogP contribution in [0.2, 0.25) is 0 Å². The summed E-state index contributed by atoms with van der Waals surface area (Å²) in [6, 6.07) is 0. The van der Waals surface area contributed by atoms with E-state index >= 15 is 0 Å². The number of rotatable bonds is 1. The number of hydrogen-bond acceptors (Lipinski definition) is 2. The van der Waals surface area contributed by atoms with Crippen molar-refractivity contribution in [2.75, 3.05) is 0 Å². The van der Waals surface area contributed by atoms with Crippen LogP contribution in [0.25, 0.3) is 0 Å². The van der Waals surface area contributed by atoms with Crippen LogP contribution in [0, 0.1) is 11.8 Å². The normalized spacial score (nSPS) is 36.4. The average Bonchev–Trinajstić information content (AvgIpc) is 1.96. The quantitative estimate of drug-likeness (QED) is 0.626. The first-order valence-corrected chi connectivity index (χ1v) is 5.64. The van der Waals surface area contributed by atoms with Gasteiger partial charge in [-0.05, 0) is 24.7 Å². The fourth-order valence-corrected chi connectivity index (χ4v) is 3.08. The van der Waals surface area contributed by atoms with Gasteiger partial charge in [-0.3, -0.25) is 4.79 Å². The zero-order chi connectivity index (χ0) is 9.14. The largest absolute Gasteiger partial charge is 0.288 e. The average molecular weight is 186 g/mol. The van der Waals surface area contributed by atoms with Crippen molar-refractivity contribution >= 4 is 16.9 Å². The minimum atomic E-state index is 0.279. The molecule has 1 rings (SSSR count). The van der Waals surface area contributed by atoms with Crippen LogP contribution in [0.3, 0.4) is 0 Å². The third-order valence-corrected chi connectivity index (χ3v) is 3.99. The minimum absolute atomic E-state index is 0.279. The maximum absolute atomic E-state index is 10.9. The van der Waals surface area contributed by atoms with E-state index in [1.165, 1.54) is 19.3 Å². The molecule has 0 heterocycles. The van der Waals surface area contributed by atoms with Gasteiger partial charge in [0.25, 0.3) is 0 Å². The lowest BCUT2D eigenvalue weighted by molar-refractivity contribution is -0.109. The highest BCUT2D eigenvalue weighted by molar-refractivity contribution is 8.14. The van der Waals surface area contributed by atoms with Crippen molar-refractivity contribution in [2.45, 2.75) is 45.3 Å². The smallest absolute Gasteiger partial charge is 0.186 e. The topological polar surface area (TPSA) is 17.1 Å². The van der Waals surface area contributed by atoms with Gasteiger partial charge >= 0.3 is 0 Å². The van der Waals surface area contributed by atoms with Crippen molar-refractivity contribution in [3.63, 3.8) is 0 Å². The number of hydrogen-bond donors (Lipinski definition) is 0. The standard InChI is InChI=1S/C10H18OS/c1-7-4-5-8(2)10(6-7)12-9(3)11/h7-8,10H,4-6H2,1-3H3. The highest BCUT2D eigenvalue weighted by Crippen LogP contribution is 2.36. The van der Waals surface area contributed by atoms with Gasteiger partial charge in [-0.1, -0.05) is 32.0 Å². The molecule has 0 aliphatic heterocycles. The molecule has 2 heteroatoms. The molecule has 0 aromatic carbocycles. The first kappa shape index (κ1) is 10.1. The minimum Gasteiger partial charge on any atom is -0.288 e. The van der Waals surface area contributed by atoms with E-state index in [1.807, 2.05) is 0 Å². The Kier molecular flexibility index (Phi) is 3.63. The Morgan fingerprint density at radius 2 is 2.00 bits per heavy atom. The van der Waals surface area contributed by atoms with E-state index in [4.69, 9.17) is 0 Å². The van der Waals surface area contributed by atoms with Crippen molar-refractivity contribution in [3.8, 4) is 0 Å². The third kappa shape index (κ3) is 2.81. The summed E-state index contributed by atoms with van der Waals surface area (Å²) < 4.78 is 0. The summed E-state index contributed by atoms with van der Waals surface area (Å²) >= 11 is 1.55. The molecule has 0 radical (unpaired) electrons. The first-order chi connectivity index (χ1) is 5.59. The summed E-state index contributed by atoms with van der Waals surface area (Å²) in [5, 5.41) is 0.868. The molecule has 1 aliphatic carbocycles. The predicted molar refractivity (Wildman–Crippen MR) is 54.2 cm³/mol. The van der Waals surface area contributed by atoms with Gasteiger partial charge in [0, 0.05) is 12.2 Å². The van der Waals surface area contributed by atoms with Gasteiger partial charge in [-0.2, -0.15) is 0 Å². The van der Waals surface area contributed by atoms with Crippen LogP contribution >= 0.6 is 11.8 Å². The monoisotopic (exact) mass is 186 g/mol. The molecule has 1 nitrogen and oxygen atoms in total. The van der Waals surface area contributed by atoms with Crippen molar-refractivity contribution in [3.05, 3.63) is 0 Å². The van der Waals surface area contributed by atoms with E-state index < -0.39 is 0 Å². The van der Waals surface area contributed by atoms with Crippen LogP contribution in [0.5, 0.6) is 0 Å². The van der Waals surface area contributed by atoms with Crippen molar-refractivity contribution < 1.29 is 4.79 Å². The van der Waals surface area contributed by atoms with Crippen LogP contribution in [0.4, 0.5) is 0 Å². The maximum atomic E-state index is 10.9. The second kappa shape index (κ2) is 4.31. The molecular weight excluding hydrogens is 168 g/mol. The summed E-state index contributed by atoms with van der Waals surface area (Å²) in [5.74, 6) is 1.55. The van der Waals surface area contributed by atoms with Crippen molar-refractivity contribution in [2.24, 2.45) is 11.8 Å². The maximum Gasteiger partial charge on any atom is 0.186 e. The number of carbonyl (C=O) groups is 1. The molecule has 0 bridgehead atoms. The summed E-state index contributed by atoms with van der Waals surface area (Å²) in [6.45, 7) is 6.24. The molecule has 12 heavy (non-hydrogen) atoms. The molecular formula is C10H18OS. The Morgan fingerprint density at radius 1 is 1.33 bits per heavy atom. The van der Waals surface area contributed by atoms with Crippen molar-refractivity contribution in [1.29, 1.82) is 0 Å². The summed E-state index contributed by atoms with van der Waals surface area (Å²) in [5.41, 5.74) is 0. The zero-order valence-corrected chi connectivity index (χ0v) is 8.99. The molecule has 70 valence electrons. The Hall–Kier alpha value is 0.0200. The Bertz CT molecular complexity index is 167. The molecule has 0 saturated heterocycles. The molecule has 1 saturated carbocycles. The number of carbonyl (C=O) groups excluding carboxylic acids is 1.